The first-order valence-corrected chi connectivity index (χ1v) is 8.49. The van der Waals surface area contributed by atoms with Gasteiger partial charge in [0.2, 0.25) is 0 Å². The Labute approximate surface area is 144 Å². The fraction of sp³-hybridized carbons (Fsp3) is 0.588. The lowest BCUT2D eigenvalue weighted by molar-refractivity contribution is 0.436. The molecule has 24 heavy (non-hydrogen) atoms. The zero-order valence-corrected chi connectivity index (χ0v) is 15.4. The number of guanidine groups is 1. The molecule has 0 aliphatic heterocycles. The van der Waals surface area contributed by atoms with Gasteiger partial charge in [-0.15, -0.1) is 0 Å². The standard InChI is InChI=1S/C17H29N7/c1-6-18-17(20-11-16-7-8-21-23(16)5)19-10-13(2)12-24-15(4)9-14(3)22-24/h7-9,13H,6,10-12H2,1-5H3,(H2,18,19,20). The van der Waals surface area contributed by atoms with Crippen molar-refractivity contribution in [3.05, 3.63) is 35.4 Å². The Kier molecular flexibility index (Phi) is 6.40. The maximum atomic E-state index is 4.63. The van der Waals surface area contributed by atoms with E-state index in [1.807, 2.05) is 24.7 Å². The third-order valence-electron chi connectivity index (χ3n) is 3.87. The van der Waals surface area contributed by atoms with Crippen molar-refractivity contribution in [2.75, 3.05) is 13.1 Å². The molecule has 2 aromatic rings. The van der Waals surface area contributed by atoms with Crippen LogP contribution in [0.4, 0.5) is 0 Å². The number of rotatable bonds is 7. The lowest BCUT2D eigenvalue weighted by Gasteiger charge is -2.16. The minimum absolute atomic E-state index is 0.448. The number of hydrogen-bond donors (Lipinski definition) is 2. The predicted molar refractivity (Wildman–Crippen MR) is 96.9 cm³/mol. The number of aromatic nitrogens is 4. The molecule has 1 unspecified atom stereocenters. The van der Waals surface area contributed by atoms with E-state index >= 15 is 0 Å². The van der Waals surface area contributed by atoms with Crippen molar-refractivity contribution in [1.82, 2.24) is 30.2 Å². The van der Waals surface area contributed by atoms with Gasteiger partial charge < -0.3 is 10.6 Å². The number of nitrogens with one attached hydrogen (secondary N) is 2. The smallest absolute Gasteiger partial charge is 0.191 e. The topological polar surface area (TPSA) is 72.1 Å². The van der Waals surface area contributed by atoms with Crippen molar-refractivity contribution in [2.45, 2.75) is 40.8 Å². The second-order valence-corrected chi connectivity index (χ2v) is 6.24. The average molecular weight is 331 g/mol. The van der Waals surface area contributed by atoms with Gasteiger partial charge in [-0.05, 0) is 38.8 Å². The Morgan fingerprint density at radius 1 is 1.33 bits per heavy atom. The van der Waals surface area contributed by atoms with Crippen LogP contribution in [-0.4, -0.2) is 38.6 Å². The lowest BCUT2D eigenvalue weighted by atomic mass is 10.2. The maximum absolute atomic E-state index is 4.63. The first-order valence-electron chi connectivity index (χ1n) is 8.49. The summed E-state index contributed by atoms with van der Waals surface area (Å²) < 4.78 is 3.92. The van der Waals surface area contributed by atoms with Crippen LogP contribution in [0.2, 0.25) is 0 Å². The summed E-state index contributed by atoms with van der Waals surface area (Å²) in [5.74, 6) is 1.28. The van der Waals surface area contributed by atoms with E-state index < -0.39 is 0 Å². The first-order chi connectivity index (χ1) is 11.5. The summed E-state index contributed by atoms with van der Waals surface area (Å²) in [5, 5.41) is 15.4. The van der Waals surface area contributed by atoms with Gasteiger partial charge in [-0.1, -0.05) is 6.92 Å². The highest BCUT2D eigenvalue weighted by Crippen LogP contribution is 2.06. The predicted octanol–water partition coefficient (Wildman–Crippen LogP) is 1.62. The van der Waals surface area contributed by atoms with Crippen molar-refractivity contribution in [1.29, 1.82) is 0 Å². The Balaban J connectivity index is 1.88. The molecule has 0 fully saturated rings. The third-order valence-corrected chi connectivity index (χ3v) is 3.87. The van der Waals surface area contributed by atoms with Crippen LogP contribution in [0.1, 0.15) is 30.9 Å². The molecular weight excluding hydrogens is 302 g/mol. The minimum atomic E-state index is 0.448. The van der Waals surface area contributed by atoms with Crippen molar-refractivity contribution in [3.63, 3.8) is 0 Å². The van der Waals surface area contributed by atoms with Crippen LogP contribution < -0.4 is 10.6 Å². The van der Waals surface area contributed by atoms with Crippen molar-refractivity contribution >= 4 is 5.96 Å². The largest absolute Gasteiger partial charge is 0.357 e. The van der Waals surface area contributed by atoms with Crippen molar-refractivity contribution in [3.8, 4) is 0 Å². The van der Waals surface area contributed by atoms with E-state index in [9.17, 15) is 0 Å². The Morgan fingerprint density at radius 2 is 2.12 bits per heavy atom. The molecule has 2 rings (SSSR count). The SMILES string of the molecule is CCNC(=NCc1ccnn1C)NCC(C)Cn1nc(C)cc1C. The molecule has 2 N–H and O–H groups in total. The molecule has 0 aliphatic carbocycles. The summed E-state index contributed by atoms with van der Waals surface area (Å²) in [4.78, 5) is 4.63. The molecular formula is C17H29N7. The van der Waals surface area contributed by atoms with Gasteiger partial charge in [0.1, 0.15) is 0 Å². The molecule has 0 saturated carbocycles. The normalized spacial score (nSPS) is 13.1. The Hall–Kier alpha value is -2.31. The van der Waals surface area contributed by atoms with E-state index in [4.69, 9.17) is 0 Å². The highest BCUT2D eigenvalue weighted by molar-refractivity contribution is 5.79. The van der Waals surface area contributed by atoms with Crippen LogP contribution in [-0.2, 0) is 20.1 Å². The summed E-state index contributed by atoms with van der Waals surface area (Å²) >= 11 is 0. The van der Waals surface area contributed by atoms with E-state index in [0.717, 1.165) is 37.0 Å². The van der Waals surface area contributed by atoms with Gasteiger partial charge in [-0.25, -0.2) is 4.99 Å². The summed E-state index contributed by atoms with van der Waals surface area (Å²) in [6.07, 6.45) is 1.79. The zero-order chi connectivity index (χ0) is 17.5. The molecule has 7 heteroatoms. The van der Waals surface area contributed by atoms with Crippen molar-refractivity contribution in [2.24, 2.45) is 18.0 Å². The third kappa shape index (κ3) is 5.11. The molecule has 0 amide bonds. The summed E-state index contributed by atoms with van der Waals surface area (Å²) in [5.41, 5.74) is 3.36. The van der Waals surface area contributed by atoms with Crippen LogP contribution in [0.25, 0.3) is 0 Å². The molecule has 0 bridgehead atoms. The highest BCUT2D eigenvalue weighted by atomic mass is 15.3. The fourth-order valence-corrected chi connectivity index (χ4v) is 2.55. The van der Waals surface area contributed by atoms with Gasteiger partial charge in [-0.2, -0.15) is 10.2 Å². The molecule has 2 heterocycles. The molecule has 2 aromatic heterocycles. The maximum Gasteiger partial charge on any atom is 0.191 e. The van der Waals surface area contributed by atoms with Crippen LogP contribution >= 0.6 is 0 Å². The van der Waals surface area contributed by atoms with E-state index in [2.05, 4.69) is 57.3 Å². The molecule has 0 radical (unpaired) electrons. The molecule has 0 aromatic carbocycles. The van der Waals surface area contributed by atoms with Crippen LogP contribution in [0.5, 0.6) is 0 Å². The molecule has 132 valence electrons. The molecule has 0 saturated heterocycles. The Bertz CT molecular complexity index is 668. The van der Waals surface area contributed by atoms with Gasteiger partial charge in [0.15, 0.2) is 5.96 Å². The summed E-state index contributed by atoms with van der Waals surface area (Å²) in [6.45, 7) is 11.6. The second kappa shape index (κ2) is 8.52. The van der Waals surface area contributed by atoms with Crippen LogP contribution in [0.3, 0.4) is 0 Å². The Morgan fingerprint density at radius 3 is 2.71 bits per heavy atom. The van der Waals surface area contributed by atoms with Gasteiger partial charge in [0.25, 0.3) is 0 Å². The van der Waals surface area contributed by atoms with E-state index in [1.165, 1.54) is 5.69 Å². The molecule has 1 atom stereocenters. The van der Waals surface area contributed by atoms with Crippen LogP contribution in [0, 0.1) is 19.8 Å². The number of aryl methyl sites for hydroxylation is 3. The lowest BCUT2D eigenvalue weighted by Crippen LogP contribution is -2.40. The quantitative estimate of drug-likeness (QED) is 0.597. The van der Waals surface area contributed by atoms with E-state index in [-0.39, 0.29) is 0 Å². The van der Waals surface area contributed by atoms with E-state index in [1.54, 1.807) is 6.20 Å². The average Bonchev–Trinajstić information content (AvgIpc) is 3.07. The van der Waals surface area contributed by atoms with Gasteiger partial charge >= 0.3 is 0 Å². The van der Waals surface area contributed by atoms with Gasteiger partial charge in [-0.3, -0.25) is 9.36 Å². The van der Waals surface area contributed by atoms with Crippen molar-refractivity contribution < 1.29 is 0 Å². The number of hydrogen-bond acceptors (Lipinski definition) is 3. The van der Waals surface area contributed by atoms with Gasteiger partial charge in [0.05, 0.1) is 17.9 Å². The zero-order valence-electron chi connectivity index (χ0n) is 15.4. The number of nitrogens with zero attached hydrogens (tertiary/aromatic N) is 5. The molecule has 0 spiro atoms. The minimum Gasteiger partial charge on any atom is -0.357 e. The first kappa shape index (κ1) is 18.0. The van der Waals surface area contributed by atoms with E-state index in [0.29, 0.717) is 12.5 Å². The van der Waals surface area contributed by atoms with Crippen LogP contribution in [0.15, 0.2) is 23.3 Å². The monoisotopic (exact) mass is 331 g/mol. The fourth-order valence-electron chi connectivity index (χ4n) is 2.55. The second-order valence-electron chi connectivity index (χ2n) is 6.24. The summed E-state index contributed by atoms with van der Waals surface area (Å²) in [7, 11) is 1.93. The molecule has 7 nitrogen and oxygen atoms in total. The highest BCUT2D eigenvalue weighted by Gasteiger charge is 2.08. The summed E-state index contributed by atoms with van der Waals surface area (Å²) in [6, 6.07) is 4.10. The number of aliphatic imine (C=N–C) groups is 1. The van der Waals surface area contributed by atoms with Gasteiger partial charge in [0, 0.05) is 38.6 Å². The molecule has 0 aliphatic rings.